The second kappa shape index (κ2) is 5.31. The van der Waals surface area contributed by atoms with Crippen LogP contribution in [0, 0.1) is 6.92 Å². The quantitative estimate of drug-likeness (QED) is 0.663. The van der Waals surface area contributed by atoms with Crippen molar-refractivity contribution in [1.82, 2.24) is 0 Å². The van der Waals surface area contributed by atoms with E-state index in [1.165, 1.54) is 6.07 Å². The molecule has 0 unspecified atom stereocenters. The molecule has 4 N–H and O–H groups in total. The highest BCUT2D eigenvalue weighted by atomic mass is 16.4. The van der Waals surface area contributed by atoms with Crippen molar-refractivity contribution in [2.24, 2.45) is 0 Å². The van der Waals surface area contributed by atoms with Gasteiger partial charge in [-0.3, -0.25) is 4.79 Å². The van der Waals surface area contributed by atoms with Crippen LogP contribution in [0.25, 0.3) is 11.0 Å². The van der Waals surface area contributed by atoms with Crippen molar-refractivity contribution in [3.05, 3.63) is 40.2 Å². The predicted octanol–water partition coefficient (Wildman–Crippen LogP) is -0.263. The summed E-state index contributed by atoms with van der Waals surface area (Å²) >= 11 is 0. The van der Waals surface area contributed by atoms with E-state index in [-0.39, 0.29) is 11.9 Å². The zero-order valence-electron chi connectivity index (χ0n) is 11.6. The molecule has 1 fully saturated rings. The zero-order chi connectivity index (χ0) is 15.0. The number of hydrogen-bond donors (Lipinski definition) is 3. The lowest BCUT2D eigenvalue weighted by atomic mass is 10.1. The van der Waals surface area contributed by atoms with Gasteiger partial charge in [-0.1, -0.05) is 0 Å². The fourth-order valence-electron chi connectivity index (χ4n) is 2.66. The molecule has 3 rings (SSSR count). The zero-order valence-corrected chi connectivity index (χ0v) is 11.6. The Labute approximate surface area is 120 Å². The molecule has 1 aliphatic heterocycles. The SMILES string of the molecule is Cc1cc(=O)oc2cc(NC(=O)[C@@H]3C[C@@H](O)C[NH2+]3)ccc12. The second-order valence-corrected chi connectivity index (χ2v) is 5.42. The van der Waals surface area contributed by atoms with E-state index in [2.05, 4.69) is 5.32 Å². The number of hydrogen-bond acceptors (Lipinski definition) is 4. The van der Waals surface area contributed by atoms with Gasteiger partial charge in [0, 0.05) is 29.6 Å². The average molecular weight is 289 g/mol. The summed E-state index contributed by atoms with van der Waals surface area (Å²) in [6.07, 6.45) is 0.0196. The Hall–Kier alpha value is -2.18. The van der Waals surface area contributed by atoms with E-state index in [1.807, 2.05) is 18.3 Å². The van der Waals surface area contributed by atoms with Crippen molar-refractivity contribution in [3.8, 4) is 0 Å². The highest BCUT2D eigenvalue weighted by Gasteiger charge is 2.32. The van der Waals surface area contributed by atoms with Gasteiger partial charge < -0.3 is 20.2 Å². The lowest BCUT2D eigenvalue weighted by Gasteiger charge is -2.09. The first-order valence-electron chi connectivity index (χ1n) is 6.90. The number of nitrogens with two attached hydrogens (primary N) is 1. The molecule has 21 heavy (non-hydrogen) atoms. The molecule has 1 saturated heterocycles. The van der Waals surface area contributed by atoms with Crippen LogP contribution in [0.15, 0.2) is 33.5 Å². The summed E-state index contributed by atoms with van der Waals surface area (Å²) in [5.41, 5.74) is 1.46. The fraction of sp³-hybridized carbons (Fsp3) is 0.333. The molecule has 2 aromatic rings. The molecular formula is C15H17N2O4+. The van der Waals surface area contributed by atoms with Gasteiger partial charge in [-0.05, 0) is 24.6 Å². The summed E-state index contributed by atoms with van der Waals surface area (Å²) in [6.45, 7) is 2.39. The maximum atomic E-state index is 12.1. The summed E-state index contributed by atoms with van der Waals surface area (Å²) in [5.74, 6) is -0.152. The van der Waals surface area contributed by atoms with Crippen LogP contribution in [0.4, 0.5) is 5.69 Å². The highest BCUT2D eigenvalue weighted by Crippen LogP contribution is 2.21. The number of amides is 1. The number of rotatable bonds is 2. The minimum atomic E-state index is -0.432. The lowest BCUT2D eigenvalue weighted by Crippen LogP contribution is -2.89. The van der Waals surface area contributed by atoms with Crippen molar-refractivity contribution < 1.29 is 19.6 Å². The molecule has 1 amide bonds. The van der Waals surface area contributed by atoms with Crippen LogP contribution < -0.4 is 16.3 Å². The number of quaternary nitrogens is 1. The first kappa shape index (κ1) is 13.8. The number of aryl methyl sites for hydroxylation is 1. The average Bonchev–Trinajstić information content (AvgIpc) is 2.85. The first-order chi connectivity index (χ1) is 10.0. The topological polar surface area (TPSA) is 96.2 Å². The predicted molar refractivity (Wildman–Crippen MR) is 77.1 cm³/mol. The van der Waals surface area contributed by atoms with Crippen molar-refractivity contribution in [2.45, 2.75) is 25.5 Å². The minimum absolute atomic E-state index is 0.152. The summed E-state index contributed by atoms with van der Waals surface area (Å²) in [4.78, 5) is 23.5. The van der Waals surface area contributed by atoms with Gasteiger partial charge in [0.2, 0.25) is 0 Å². The molecule has 1 aliphatic rings. The molecule has 0 aliphatic carbocycles. The maximum Gasteiger partial charge on any atom is 0.336 e. The molecule has 1 aromatic carbocycles. The van der Waals surface area contributed by atoms with E-state index in [4.69, 9.17) is 4.42 Å². The molecule has 110 valence electrons. The van der Waals surface area contributed by atoms with E-state index in [0.717, 1.165) is 10.9 Å². The highest BCUT2D eigenvalue weighted by molar-refractivity contribution is 5.96. The standard InChI is InChI=1S/C15H16N2O4/c1-8-4-14(19)21-13-5-9(2-3-11(8)13)17-15(20)12-6-10(18)7-16-12/h2-5,10,12,16,18H,6-7H2,1H3,(H,17,20)/p+1/t10-,12+/m1/s1. The smallest absolute Gasteiger partial charge is 0.336 e. The largest absolute Gasteiger partial charge is 0.423 e. The van der Waals surface area contributed by atoms with Crippen LogP contribution >= 0.6 is 0 Å². The third-order valence-electron chi connectivity index (χ3n) is 3.77. The summed E-state index contributed by atoms with van der Waals surface area (Å²) in [6, 6.07) is 6.40. The van der Waals surface area contributed by atoms with Crippen molar-refractivity contribution >= 4 is 22.6 Å². The van der Waals surface area contributed by atoms with Gasteiger partial charge in [-0.2, -0.15) is 0 Å². The number of benzene rings is 1. The number of anilines is 1. The molecule has 6 heteroatoms. The second-order valence-electron chi connectivity index (χ2n) is 5.42. The molecule has 0 spiro atoms. The van der Waals surface area contributed by atoms with Gasteiger partial charge in [0.25, 0.3) is 5.91 Å². The van der Waals surface area contributed by atoms with Crippen LogP contribution in [0.1, 0.15) is 12.0 Å². The van der Waals surface area contributed by atoms with Gasteiger partial charge in [-0.25, -0.2) is 4.79 Å². The molecule has 0 radical (unpaired) electrons. The van der Waals surface area contributed by atoms with Crippen molar-refractivity contribution in [1.29, 1.82) is 0 Å². The summed E-state index contributed by atoms with van der Waals surface area (Å²) < 4.78 is 5.15. The Balaban J connectivity index is 1.84. The van der Waals surface area contributed by atoms with Crippen LogP contribution in [0.3, 0.4) is 0 Å². The minimum Gasteiger partial charge on any atom is -0.423 e. The third-order valence-corrected chi connectivity index (χ3v) is 3.77. The van der Waals surface area contributed by atoms with Gasteiger partial charge >= 0.3 is 5.63 Å². The monoisotopic (exact) mass is 289 g/mol. The Morgan fingerprint density at radius 1 is 1.43 bits per heavy atom. The fourth-order valence-corrected chi connectivity index (χ4v) is 2.66. The summed E-state index contributed by atoms with van der Waals surface area (Å²) in [5, 5.41) is 14.9. The Morgan fingerprint density at radius 3 is 2.95 bits per heavy atom. The lowest BCUT2D eigenvalue weighted by molar-refractivity contribution is -0.659. The maximum absolute atomic E-state index is 12.1. The van der Waals surface area contributed by atoms with Crippen molar-refractivity contribution in [2.75, 3.05) is 11.9 Å². The van der Waals surface area contributed by atoms with E-state index in [0.29, 0.717) is 24.2 Å². The van der Waals surface area contributed by atoms with Crippen LogP contribution in [0.5, 0.6) is 0 Å². The molecule has 0 saturated carbocycles. The number of fused-ring (bicyclic) bond motifs is 1. The normalized spacial score (nSPS) is 21.6. The van der Waals surface area contributed by atoms with Gasteiger partial charge in [0.15, 0.2) is 6.04 Å². The first-order valence-corrected chi connectivity index (χ1v) is 6.90. The van der Waals surface area contributed by atoms with Gasteiger partial charge in [-0.15, -0.1) is 0 Å². The Morgan fingerprint density at radius 2 is 2.24 bits per heavy atom. The van der Waals surface area contributed by atoms with E-state index < -0.39 is 11.7 Å². The van der Waals surface area contributed by atoms with E-state index >= 15 is 0 Å². The van der Waals surface area contributed by atoms with E-state index in [1.54, 1.807) is 12.1 Å². The number of aliphatic hydroxyl groups excluding tert-OH is 1. The Kier molecular flexibility index (Phi) is 3.48. The van der Waals surface area contributed by atoms with E-state index in [9.17, 15) is 14.7 Å². The van der Waals surface area contributed by atoms with Crippen molar-refractivity contribution in [3.63, 3.8) is 0 Å². The number of nitrogens with one attached hydrogen (secondary N) is 1. The number of carbonyl (C=O) groups is 1. The van der Waals surface area contributed by atoms with Crippen LogP contribution in [0.2, 0.25) is 0 Å². The number of carbonyl (C=O) groups excluding carboxylic acids is 1. The molecule has 2 heterocycles. The molecule has 0 bridgehead atoms. The molecule has 6 nitrogen and oxygen atoms in total. The van der Waals surface area contributed by atoms with Crippen LogP contribution in [-0.2, 0) is 4.79 Å². The van der Waals surface area contributed by atoms with Gasteiger partial charge in [0.05, 0.1) is 0 Å². The number of aliphatic hydroxyl groups is 1. The molecule has 2 atom stereocenters. The molecule has 1 aromatic heterocycles. The van der Waals surface area contributed by atoms with Gasteiger partial charge in [0.1, 0.15) is 18.2 Å². The summed E-state index contributed by atoms with van der Waals surface area (Å²) in [7, 11) is 0. The Bertz CT molecular complexity index is 753. The van der Waals surface area contributed by atoms with Crippen LogP contribution in [-0.4, -0.2) is 29.7 Å². The third kappa shape index (κ3) is 2.81. The molecular weight excluding hydrogens is 272 g/mol.